The van der Waals surface area contributed by atoms with Gasteiger partial charge in [0.25, 0.3) is 5.56 Å². The Morgan fingerprint density at radius 2 is 1.91 bits per heavy atom. The van der Waals surface area contributed by atoms with Crippen LogP contribution in [0, 0.1) is 13.8 Å². The molecule has 0 saturated heterocycles. The van der Waals surface area contributed by atoms with E-state index in [0.717, 1.165) is 59.6 Å². The van der Waals surface area contributed by atoms with Crippen LogP contribution in [0.15, 0.2) is 10.9 Å². The lowest BCUT2D eigenvalue weighted by atomic mass is 10.1. The SMILES string of the molecule is CCOC(=O)c1c(NC(=O)C(C)n2c(-n3nc(C)cc3C)nc3c(c2=O)CCC3)sc2c1CCC2. The van der Waals surface area contributed by atoms with Crippen LogP contribution in [-0.4, -0.2) is 37.8 Å². The largest absolute Gasteiger partial charge is 0.462 e. The first-order chi connectivity index (χ1) is 16.8. The Hall–Kier alpha value is -3.27. The molecule has 0 saturated carbocycles. The summed E-state index contributed by atoms with van der Waals surface area (Å²) in [5.41, 5.74) is 4.27. The Morgan fingerprint density at radius 1 is 1.17 bits per heavy atom. The minimum absolute atomic E-state index is 0.211. The second-order valence-electron chi connectivity index (χ2n) is 9.15. The predicted octanol–water partition coefficient (Wildman–Crippen LogP) is 3.46. The average Bonchev–Trinajstić information content (AvgIpc) is 3.57. The van der Waals surface area contributed by atoms with E-state index in [9.17, 15) is 14.4 Å². The van der Waals surface area contributed by atoms with E-state index in [-0.39, 0.29) is 18.1 Å². The Labute approximate surface area is 207 Å². The van der Waals surface area contributed by atoms with Crippen LogP contribution in [0.1, 0.15) is 76.2 Å². The van der Waals surface area contributed by atoms with Gasteiger partial charge in [0, 0.05) is 16.1 Å². The van der Waals surface area contributed by atoms with E-state index in [1.165, 1.54) is 15.9 Å². The van der Waals surface area contributed by atoms with Crippen LogP contribution < -0.4 is 10.9 Å². The fourth-order valence-electron chi connectivity index (χ4n) is 5.07. The van der Waals surface area contributed by atoms with Gasteiger partial charge >= 0.3 is 5.97 Å². The Morgan fingerprint density at radius 3 is 2.63 bits per heavy atom. The maximum absolute atomic E-state index is 13.6. The Kier molecular flexibility index (Phi) is 6.08. The monoisotopic (exact) mass is 495 g/mol. The quantitative estimate of drug-likeness (QED) is 0.525. The number of nitrogens with one attached hydrogen (secondary N) is 1. The predicted molar refractivity (Wildman–Crippen MR) is 133 cm³/mol. The van der Waals surface area contributed by atoms with Crippen LogP contribution in [0.2, 0.25) is 0 Å². The number of carbonyl (C=O) groups excluding carboxylic acids is 2. The lowest BCUT2D eigenvalue weighted by Crippen LogP contribution is -2.37. The van der Waals surface area contributed by atoms with Crippen LogP contribution in [0.25, 0.3) is 5.95 Å². The van der Waals surface area contributed by atoms with Gasteiger partial charge in [-0.15, -0.1) is 11.3 Å². The normalized spacial score (nSPS) is 15.1. The molecule has 184 valence electrons. The third-order valence-electron chi connectivity index (χ3n) is 6.72. The van der Waals surface area contributed by atoms with E-state index in [1.54, 1.807) is 18.5 Å². The van der Waals surface area contributed by atoms with Gasteiger partial charge in [-0.3, -0.25) is 14.2 Å². The Bertz CT molecular complexity index is 1400. The molecule has 1 atom stereocenters. The summed E-state index contributed by atoms with van der Waals surface area (Å²) in [6.45, 7) is 7.48. The number of ether oxygens (including phenoxy) is 1. The van der Waals surface area contributed by atoms with Crippen molar-refractivity contribution in [3.8, 4) is 5.95 Å². The molecule has 10 heteroatoms. The topological polar surface area (TPSA) is 108 Å². The second-order valence-corrected chi connectivity index (χ2v) is 10.3. The van der Waals surface area contributed by atoms with Crippen molar-refractivity contribution in [1.82, 2.24) is 19.3 Å². The number of esters is 1. The van der Waals surface area contributed by atoms with Crippen LogP contribution >= 0.6 is 11.3 Å². The van der Waals surface area contributed by atoms with Crippen molar-refractivity contribution in [3.05, 3.63) is 55.1 Å². The standard InChI is InChI=1S/C25H29N5O4S/c1-5-34-24(33)20-17-9-7-11-19(17)35-22(20)27-21(31)15(4)29-23(32)16-8-6-10-18(16)26-25(29)30-14(3)12-13(2)28-30/h12,15H,5-11H2,1-4H3,(H,27,31). The van der Waals surface area contributed by atoms with Gasteiger partial charge in [-0.2, -0.15) is 5.10 Å². The van der Waals surface area contributed by atoms with E-state index in [4.69, 9.17) is 9.72 Å². The molecule has 0 fully saturated rings. The van der Waals surface area contributed by atoms with E-state index >= 15 is 0 Å². The minimum Gasteiger partial charge on any atom is -0.462 e. The fraction of sp³-hybridized carbons (Fsp3) is 0.480. The van der Waals surface area contributed by atoms with Crippen LogP contribution in [-0.2, 0) is 35.2 Å². The number of aryl methyl sites for hydroxylation is 4. The van der Waals surface area contributed by atoms with Crippen molar-refractivity contribution in [2.24, 2.45) is 0 Å². The molecule has 1 unspecified atom stereocenters. The smallest absolute Gasteiger partial charge is 0.341 e. The zero-order valence-corrected chi connectivity index (χ0v) is 21.3. The summed E-state index contributed by atoms with van der Waals surface area (Å²) in [5.74, 6) is -0.474. The first-order valence-electron chi connectivity index (χ1n) is 12.1. The number of fused-ring (bicyclic) bond motifs is 2. The van der Waals surface area contributed by atoms with Crippen molar-refractivity contribution in [2.75, 3.05) is 11.9 Å². The molecule has 0 radical (unpaired) electrons. The molecule has 2 aliphatic rings. The third kappa shape index (κ3) is 3.99. The number of hydrogen-bond donors (Lipinski definition) is 1. The first-order valence-corrected chi connectivity index (χ1v) is 12.9. The molecule has 9 nitrogen and oxygen atoms in total. The highest BCUT2D eigenvalue weighted by atomic mass is 32.1. The molecule has 3 aromatic rings. The molecule has 0 aromatic carbocycles. The van der Waals surface area contributed by atoms with Gasteiger partial charge in [0.05, 0.1) is 23.6 Å². The third-order valence-corrected chi connectivity index (χ3v) is 7.93. The number of nitrogens with zero attached hydrogens (tertiary/aromatic N) is 4. The van der Waals surface area contributed by atoms with Gasteiger partial charge in [0.2, 0.25) is 11.9 Å². The van der Waals surface area contributed by atoms with Crippen LogP contribution in [0.4, 0.5) is 5.00 Å². The summed E-state index contributed by atoms with van der Waals surface area (Å²) in [6, 6.07) is 1.04. The highest BCUT2D eigenvalue weighted by Crippen LogP contribution is 2.40. The van der Waals surface area contributed by atoms with Crippen molar-refractivity contribution >= 4 is 28.2 Å². The molecule has 3 heterocycles. The second kappa shape index (κ2) is 9.07. The van der Waals surface area contributed by atoms with Crippen molar-refractivity contribution in [1.29, 1.82) is 0 Å². The molecule has 0 bridgehead atoms. The number of anilines is 1. The van der Waals surface area contributed by atoms with Crippen molar-refractivity contribution in [2.45, 2.75) is 72.3 Å². The highest BCUT2D eigenvalue weighted by molar-refractivity contribution is 7.17. The Balaban J connectivity index is 1.55. The number of rotatable bonds is 6. The molecule has 1 N–H and O–H groups in total. The number of amides is 1. The summed E-state index contributed by atoms with van der Waals surface area (Å²) in [4.78, 5) is 45.7. The number of hydrogen-bond acceptors (Lipinski definition) is 7. The molecule has 2 aliphatic carbocycles. The number of thiophene rings is 1. The van der Waals surface area contributed by atoms with Crippen LogP contribution in [0.5, 0.6) is 0 Å². The molecular weight excluding hydrogens is 466 g/mol. The van der Waals surface area contributed by atoms with Gasteiger partial charge in [-0.1, -0.05) is 0 Å². The molecule has 0 aliphatic heterocycles. The zero-order chi connectivity index (χ0) is 24.9. The molecular formula is C25H29N5O4S. The maximum atomic E-state index is 13.6. The number of carbonyl (C=O) groups is 2. The molecule has 0 spiro atoms. The number of aromatic nitrogens is 4. The van der Waals surface area contributed by atoms with E-state index in [1.807, 2.05) is 19.9 Å². The minimum atomic E-state index is -0.869. The zero-order valence-electron chi connectivity index (χ0n) is 20.4. The van der Waals surface area contributed by atoms with Gasteiger partial charge in [0.1, 0.15) is 11.0 Å². The lowest BCUT2D eigenvalue weighted by Gasteiger charge is -2.20. The fourth-order valence-corrected chi connectivity index (χ4v) is 6.35. The molecule has 5 rings (SSSR count). The summed E-state index contributed by atoms with van der Waals surface area (Å²) >= 11 is 1.42. The van der Waals surface area contributed by atoms with Crippen molar-refractivity contribution < 1.29 is 14.3 Å². The summed E-state index contributed by atoms with van der Waals surface area (Å²) < 4.78 is 8.34. The molecule has 1 amide bonds. The summed E-state index contributed by atoms with van der Waals surface area (Å²) in [7, 11) is 0. The van der Waals surface area contributed by atoms with Gasteiger partial charge in [0.15, 0.2) is 0 Å². The van der Waals surface area contributed by atoms with E-state index in [2.05, 4.69) is 10.4 Å². The van der Waals surface area contributed by atoms with E-state index in [0.29, 0.717) is 28.5 Å². The van der Waals surface area contributed by atoms with Gasteiger partial charge < -0.3 is 10.1 Å². The van der Waals surface area contributed by atoms with E-state index < -0.39 is 12.0 Å². The average molecular weight is 496 g/mol. The van der Waals surface area contributed by atoms with Gasteiger partial charge in [-0.05, 0) is 77.8 Å². The highest BCUT2D eigenvalue weighted by Gasteiger charge is 2.31. The maximum Gasteiger partial charge on any atom is 0.341 e. The molecule has 3 aromatic heterocycles. The molecule has 35 heavy (non-hydrogen) atoms. The van der Waals surface area contributed by atoms with Crippen LogP contribution in [0.3, 0.4) is 0 Å². The van der Waals surface area contributed by atoms with Gasteiger partial charge in [-0.25, -0.2) is 14.5 Å². The lowest BCUT2D eigenvalue weighted by molar-refractivity contribution is -0.118. The first kappa shape index (κ1) is 23.5. The summed E-state index contributed by atoms with van der Waals surface area (Å²) in [5, 5.41) is 7.95. The van der Waals surface area contributed by atoms with Crippen molar-refractivity contribution in [3.63, 3.8) is 0 Å². The summed E-state index contributed by atoms with van der Waals surface area (Å²) in [6.07, 6.45) is 4.91.